The van der Waals surface area contributed by atoms with E-state index in [1.165, 1.54) is 12.1 Å². The quantitative estimate of drug-likeness (QED) is 0.239. The minimum Gasteiger partial charge on any atom is -0.489 e. The van der Waals surface area contributed by atoms with Gasteiger partial charge < -0.3 is 20.1 Å². The molecular weight excluding hydrogens is 462 g/mol. The largest absolute Gasteiger partial charge is 0.489 e. The molecule has 1 saturated heterocycles. The molecule has 0 spiro atoms. The van der Waals surface area contributed by atoms with Gasteiger partial charge in [-0.3, -0.25) is 4.90 Å². The van der Waals surface area contributed by atoms with E-state index < -0.39 is 0 Å². The highest BCUT2D eigenvalue weighted by Crippen LogP contribution is 2.13. The molecule has 154 valence electrons. The maximum Gasteiger partial charge on any atom is 0.191 e. The zero-order chi connectivity index (χ0) is 18.6. The van der Waals surface area contributed by atoms with E-state index in [1.807, 2.05) is 13.8 Å². The normalized spacial score (nSPS) is 16.3. The molecule has 1 aliphatic rings. The van der Waals surface area contributed by atoms with E-state index in [1.54, 1.807) is 12.1 Å². The molecule has 1 aliphatic heterocycles. The fourth-order valence-corrected chi connectivity index (χ4v) is 2.68. The Labute approximate surface area is 178 Å². The summed E-state index contributed by atoms with van der Waals surface area (Å²) in [5.74, 6) is 1.18. The van der Waals surface area contributed by atoms with Gasteiger partial charge in [0.05, 0.1) is 19.8 Å². The lowest BCUT2D eigenvalue weighted by Crippen LogP contribution is -2.41. The molecule has 0 saturated carbocycles. The fourth-order valence-electron chi connectivity index (χ4n) is 2.68. The highest BCUT2D eigenvalue weighted by molar-refractivity contribution is 14.0. The molecule has 2 N–H and O–H groups in total. The number of morpholine rings is 1. The van der Waals surface area contributed by atoms with E-state index in [0.717, 1.165) is 58.3 Å². The first-order chi connectivity index (χ1) is 12.7. The summed E-state index contributed by atoms with van der Waals surface area (Å²) in [5, 5.41) is 6.61. The molecule has 2 rings (SSSR count). The van der Waals surface area contributed by atoms with Crippen LogP contribution in [-0.2, 0) is 4.74 Å². The summed E-state index contributed by atoms with van der Waals surface area (Å²) < 4.78 is 24.0. The topological polar surface area (TPSA) is 58.1 Å². The standard InChI is InChI=1S/C19H31FN4O2.HI/c1-3-21-19(22-9-4-10-24-11-13-25-14-12-24)23-15-16(2)26-18-7-5-17(20)6-8-18;/h5-8,16H,3-4,9-15H2,1-2H3,(H2,21,22,23);1H. The van der Waals surface area contributed by atoms with Gasteiger partial charge in [0.25, 0.3) is 0 Å². The van der Waals surface area contributed by atoms with E-state index >= 15 is 0 Å². The Morgan fingerprint density at radius 3 is 2.63 bits per heavy atom. The molecule has 0 bridgehead atoms. The number of rotatable bonds is 9. The minimum absolute atomic E-state index is 0. The summed E-state index contributed by atoms with van der Waals surface area (Å²) in [7, 11) is 0. The molecule has 27 heavy (non-hydrogen) atoms. The molecule has 1 atom stereocenters. The van der Waals surface area contributed by atoms with Crippen LogP contribution >= 0.6 is 24.0 Å². The fraction of sp³-hybridized carbons (Fsp3) is 0.632. The lowest BCUT2D eigenvalue weighted by Gasteiger charge is -2.26. The van der Waals surface area contributed by atoms with Gasteiger partial charge in [-0.15, -0.1) is 24.0 Å². The number of hydrogen-bond acceptors (Lipinski definition) is 4. The second kappa shape index (κ2) is 14.0. The molecule has 0 radical (unpaired) electrons. The van der Waals surface area contributed by atoms with Gasteiger partial charge in [-0.2, -0.15) is 0 Å². The van der Waals surface area contributed by atoms with Crippen molar-refractivity contribution < 1.29 is 13.9 Å². The summed E-state index contributed by atoms with van der Waals surface area (Å²) >= 11 is 0. The second-order valence-electron chi connectivity index (χ2n) is 6.34. The molecular formula is C19H32FIN4O2. The number of halogens is 2. The molecule has 1 heterocycles. The highest BCUT2D eigenvalue weighted by Gasteiger charge is 2.09. The van der Waals surface area contributed by atoms with Crippen molar-refractivity contribution in [2.75, 3.05) is 52.5 Å². The number of aliphatic imine (C=N–C) groups is 1. The van der Waals surface area contributed by atoms with Crippen LogP contribution in [0.4, 0.5) is 4.39 Å². The van der Waals surface area contributed by atoms with E-state index in [4.69, 9.17) is 9.47 Å². The Morgan fingerprint density at radius 2 is 1.96 bits per heavy atom. The summed E-state index contributed by atoms with van der Waals surface area (Å²) in [6, 6.07) is 6.05. The van der Waals surface area contributed by atoms with Crippen LogP contribution < -0.4 is 15.4 Å². The predicted molar refractivity (Wildman–Crippen MR) is 118 cm³/mol. The smallest absolute Gasteiger partial charge is 0.191 e. The van der Waals surface area contributed by atoms with Crippen LogP contribution in [0.15, 0.2) is 29.3 Å². The molecule has 8 heteroatoms. The van der Waals surface area contributed by atoms with Crippen LogP contribution in [0.3, 0.4) is 0 Å². The minimum atomic E-state index is -0.265. The maximum absolute atomic E-state index is 12.9. The summed E-state index contributed by atoms with van der Waals surface area (Å²) in [6.07, 6.45) is 0.968. The van der Waals surface area contributed by atoms with Crippen molar-refractivity contribution in [1.82, 2.24) is 15.5 Å². The van der Waals surface area contributed by atoms with E-state index in [2.05, 4.69) is 20.5 Å². The third kappa shape index (κ3) is 10.1. The van der Waals surface area contributed by atoms with Gasteiger partial charge in [0, 0.05) is 26.2 Å². The lowest BCUT2D eigenvalue weighted by molar-refractivity contribution is 0.0376. The maximum atomic E-state index is 12.9. The van der Waals surface area contributed by atoms with Crippen LogP contribution in [0.5, 0.6) is 5.75 Å². The molecule has 1 aromatic rings. The van der Waals surface area contributed by atoms with Crippen LogP contribution in [0.25, 0.3) is 0 Å². The molecule has 0 aliphatic carbocycles. The van der Waals surface area contributed by atoms with E-state index in [9.17, 15) is 4.39 Å². The number of nitrogens with zero attached hydrogens (tertiary/aromatic N) is 2. The van der Waals surface area contributed by atoms with Gasteiger partial charge in [-0.1, -0.05) is 0 Å². The Balaban J connectivity index is 0.00000364. The first kappa shape index (κ1) is 23.9. The van der Waals surface area contributed by atoms with E-state index in [0.29, 0.717) is 12.3 Å². The molecule has 1 fully saturated rings. The van der Waals surface area contributed by atoms with Gasteiger partial charge in [-0.05, 0) is 51.1 Å². The average molecular weight is 494 g/mol. The van der Waals surface area contributed by atoms with Crippen LogP contribution in [0.2, 0.25) is 0 Å². The third-order valence-corrected chi connectivity index (χ3v) is 4.05. The number of nitrogens with one attached hydrogen (secondary N) is 2. The Bertz CT molecular complexity index is 539. The summed E-state index contributed by atoms with van der Waals surface area (Å²) in [5.41, 5.74) is 0. The van der Waals surface area contributed by atoms with Crippen molar-refractivity contribution in [1.29, 1.82) is 0 Å². The van der Waals surface area contributed by atoms with Crippen molar-refractivity contribution in [3.63, 3.8) is 0 Å². The van der Waals surface area contributed by atoms with Crippen molar-refractivity contribution in [2.24, 2.45) is 4.99 Å². The Morgan fingerprint density at radius 1 is 1.26 bits per heavy atom. The Hall–Kier alpha value is -1.13. The van der Waals surface area contributed by atoms with Crippen molar-refractivity contribution in [3.8, 4) is 5.75 Å². The molecule has 1 unspecified atom stereocenters. The van der Waals surface area contributed by atoms with Gasteiger partial charge in [0.2, 0.25) is 0 Å². The molecule has 0 aromatic heterocycles. The van der Waals surface area contributed by atoms with Gasteiger partial charge in [0.15, 0.2) is 5.96 Å². The first-order valence-corrected chi connectivity index (χ1v) is 9.42. The van der Waals surface area contributed by atoms with Gasteiger partial charge >= 0.3 is 0 Å². The number of guanidine groups is 1. The second-order valence-corrected chi connectivity index (χ2v) is 6.34. The first-order valence-electron chi connectivity index (χ1n) is 9.42. The van der Waals surface area contributed by atoms with Gasteiger partial charge in [-0.25, -0.2) is 9.38 Å². The average Bonchev–Trinajstić information content (AvgIpc) is 2.66. The molecule has 1 aromatic carbocycles. The van der Waals surface area contributed by atoms with Crippen molar-refractivity contribution in [3.05, 3.63) is 30.1 Å². The third-order valence-electron chi connectivity index (χ3n) is 4.05. The van der Waals surface area contributed by atoms with Gasteiger partial charge in [0.1, 0.15) is 17.7 Å². The lowest BCUT2D eigenvalue weighted by atomic mass is 10.3. The molecule has 0 amide bonds. The molecule has 6 nitrogen and oxygen atoms in total. The van der Waals surface area contributed by atoms with E-state index in [-0.39, 0.29) is 35.9 Å². The van der Waals surface area contributed by atoms with Crippen LogP contribution in [0.1, 0.15) is 20.3 Å². The van der Waals surface area contributed by atoms with Crippen LogP contribution in [-0.4, -0.2) is 69.4 Å². The van der Waals surface area contributed by atoms with Crippen molar-refractivity contribution in [2.45, 2.75) is 26.4 Å². The Kier molecular flexibility index (Phi) is 12.4. The number of ether oxygens (including phenoxy) is 2. The SMILES string of the molecule is CCNC(=NCC(C)Oc1ccc(F)cc1)NCCCN1CCOCC1.I. The number of hydrogen-bond donors (Lipinski definition) is 2. The zero-order valence-corrected chi connectivity index (χ0v) is 18.6. The highest BCUT2D eigenvalue weighted by atomic mass is 127. The number of benzene rings is 1. The monoisotopic (exact) mass is 494 g/mol. The van der Waals surface area contributed by atoms with Crippen molar-refractivity contribution >= 4 is 29.9 Å². The predicted octanol–water partition coefficient (Wildman–Crippen LogP) is 2.49. The summed E-state index contributed by atoms with van der Waals surface area (Å²) in [6.45, 7) is 11.0. The summed E-state index contributed by atoms with van der Waals surface area (Å²) in [4.78, 5) is 7.00. The van der Waals surface area contributed by atoms with Crippen LogP contribution in [0, 0.1) is 5.82 Å². The zero-order valence-electron chi connectivity index (χ0n) is 16.2.